The molecular weight excluding hydrogens is 186 g/mol. The Kier molecular flexibility index (Phi) is 2.46. The average Bonchev–Trinajstić information content (AvgIpc) is 2.68. The van der Waals surface area contributed by atoms with E-state index < -0.39 is 0 Å². The van der Waals surface area contributed by atoms with Crippen LogP contribution in [0.15, 0.2) is 36.8 Å². The molecule has 0 unspecified atom stereocenters. The lowest BCUT2D eigenvalue weighted by molar-refractivity contribution is 0.831. The van der Waals surface area contributed by atoms with E-state index in [-0.39, 0.29) is 0 Å². The Balaban J connectivity index is 2.33. The molecule has 78 valence electrons. The summed E-state index contributed by atoms with van der Waals surface area (Å²) >= 11 is 0. The molecule has 2 N–H and O–H groups in total. The third kappa shape index (κ3) is 2.01. The van der Waals surface area contributed by atoms with Gasteiger partial charge in [0.2, 0.25) is 0 Å². The third-order valence-corrected chi connectivity index (χ3v) is 2.39. The van der Waals surface area contributed by atoms with Crippen molar-refractivity contribution in [2.45, 2.75) is 19.8 Å². The topological polar surface area (TPSA) is 43.8 Å². The van der Waals surface area contributed by atoms with Gasteiger partial charge in [-0.1, -0.05) is 13.8 Å². The van der Waals surface area contributed by atoms with Gasteiger partial charge in [-0.25, -0.2) is 4.98 Å². The lowest BCUT2D eigenvalue weighted by Crippen LogP contribution is -1.91. The number of nitrogens with zero attached hydrogens (tertiary/aromatic N) is 2. The van der Waals surface area contributed by atoms with E-state index in [1.54, 1.807) is 0 Å². The molecule has 0 spiro atoms. The van der Waals surface area contributed by atoms with Crippen LogP contribution in [-0.4, -0.2) is 9.55 Å². The van der Waals surface area contributed by atoms with Crippen LogP contribution in [0.25, 0.3) is 5.69 Å². The Hall–Kier alpha value is -1.77. The molecule has 3 heteroatoms. The van der Waals surface area contributed by atoms with Crippen LogP contribution in [0.5, 0.6) is 0 Å². The Morgan fingerprint density at radius 2 is 1.87 bits per heavy atom. The van der Waals surface area contributed by atoms with Crippen molar-refractivity contribution in [1.82, 2.24) is 9.55 Å². The third-order valence-electron chi connectivity index (χ3n) is 2.39. The van der Waals surface area contributed by atoms with Gasteiger partial charge >= 0.3 is 0 Å². The first kappa shape index (κ1) is 9.77. The van der Waals surface area contributed by atoms with E-state index >= 15 is 0 Å². The molecule has 15 heavy (non-hydrogen) atoms. The molecule has 0 amide bonds. The summed E-state index contributed by atoms with van der Waals surface area (Å²) in [7, 11) is 0. The van der Waals surface area contributed by atoms with E-state index in [2.05, 4.69) is 25.0 Å². The second-order valence-electron chi connectivity index (χ2n) is 3.95. The summed E-state index contributed by atoms with van der Waals surface area (Å²) in [6.07, 6.45) is 3.89. The number of nitrogens with two attached hydrogens (primary N) is 1. The minimum absolute atomic E-state index is 0.458. The monoisotopic (exact) mass is 201 g/mol. The molecule has 0 bridgehead atoms. The molecule has 1 aromatic carbocycles. The van der Waals surface area contributed by atoms with Crippen molar-refractivity contribution in [3.05, 3.63) is 42.5 Å². The van der Waals surface area contributed by atoms with Crippen LogP contribution in [0, 0.1) is 0 Å². The lowest BCUT2D eigenvalue weighted by atomic mass is 10.2. The molecule has 0 aliphatic heterocycles. The molecule has 0 aliphatic carbocycles. The fraction of sp³-hybridized carbons (Fsp3) is 0.250. The van der Waals surface area contributed by atoms with Gasteiger partial charge < -0.3 is 10.3 Å². The zero-order valence-electron chi connectivity index (χ0n) is 9.01. The summed E-state index contributed by atoms with van der Waals surface area (Å²) < 4.78 is 2.01. The molecule has 0 radical (unpaired) electrons. The molecule has 0 saturated carbocycles. The summed E-state index contributed by atoms with van der Waals surface area (Å²) in [6.45, 7) is 4.27. The summed E-state index contributed by atoms with van der Waals surface area (Å²) in [4.78, 5) is 4.35. The highest BCUT2D eigenvalue weighted by Gasteiger charge is 2.03. The number of anilines is 1. The second-order valence-corrected chi connectivity index (χ2v) is 3.95. The lowest BCUT2D eigenvalue weighted by Gasteiger charge is -2.02. The van der Waals surface area contributed by atoms with Gasteiger partial charge in [-0.15, -0.1) is 0 Å². The molecule has 1 heterocycles. The van der Waals surface area contributed by atoms with Crippen molar-refractivity contribution >= 4 is 5.69 Å². The van der Waals surface area contributed by atoms with Gasteiger partial charge in [0, 0.05) is 17.6 Å². The minimum Gasteiger partial charge on any atom is -0.399 e. The van der Waals surface area contributed by atoms with Crippen molar-refractivity contribution in [2.75, 3.05) is 5.73 Å². The maximum Gasteiger partial charge on any atom is 0.0995 e. The Morgan fingerprint density at radius 3 is 2.40 bits per heavy atom. The van der Waals surface area contributed by atoms with Gasteiger partial charge in [-0.3, -0.25) is 0 Å². The van der Waals surface area contributed by atoms with Crippen molar-refractivity contribution in [3.63, 3.8) is 0 Å². The van der Waals surface area contributed by atoms with Gasteiger partial charge in [-0.2, -0.15) is 0 Å². The molecule has 0 atom stereocenters. The number of benzene rings is 1. The number of rotatable bonds is 2. The molecule has 1 aromatic heterocycles. The van der Waals surface area contributed by atoms with E-state index in [0.717, 1.165) is 17.1 Å². The molecule has 2 aromatic rings. The van der Waals surface area contributed by atoms with Crippen LogP contribution in [0.1, 0.15) is 25.5 Å². The normalized spacial score (nSPS) is 10.9. The van der Waals surface area contributed by atoms with Crippen LogP contribution in [0.3, 0.4) is 0 Å². The fourth-order valence-corrected chi connectivity index (χ4v) is 1.42. The number of aromatic nitrogens is 2. The van der Waals surface area contributed by atoms with Crippen molar-refractivity contribution in [3.8, 4) is 5.69 Å². The van der Waals surface area contributed by atoms with Crippen molar-refractivity contribution in [1.29, 1.82) is 0 Å². The van der Waals surface area contributed by atoms with Crippen LogP contribution >= 0.6 is 0 Å². The van der Waals surface area contributed by atoms with E-state index in [1.165, 1.54) is 0 Å². The van der Waals surface area contributed by atoms with Crippen molar-refractivity contribution in [2.24, 2.45) is 0 Å². The number of nitrogen functional groups attached to an aromatic ring is 1. The Bertz CT molecular complexity index is 440. The van der Waals surface area contributed by atoms with E-state index in [0.29, 0.717) is 5.92 Å². The molecular formula is C12H15N3. The van der Waals surface area contributed by atoms with Gasteiger partial charge in [0.15, 0.2) is 0 Å². The summed E-state index contributed by atoms with van der Waals surface area (Å²) in [5, 5.41) is 0. The van der Waals surface area contributed by atoms with Gasteiger partial charge in [0.05, 0.1) is 12.0 Å². The maximum atomic E-state index is 5.63. The summed E-state index contributed by atoms with van der Waals surface area (Å²) in [5.74, 6) is 0.458. The zero-order chi connectivity index (χ0) is 10.8. The van der Waals surface area contributed by atoms with Crippen LogP contribution in [-0.2, 0) is 0 Å². The highest BCUT2D eigenvalue weighted by atomic mass is 15.0. The molecule has 2 rings (SSSR count). The summed E-state index contributed by atoms with van der Waals surface area (Å²) in [5.41, 5.74) is 8.60. The number of hydrogen-bond acceptors (Lipinski definition) is 2. The smallest absolute Gasteiger partial charge is 0.0995 e. The maximum absolute atomic E-state index is 5.63. The van der Waals surface area contributed by atoms with E-state index in [1.807, 2.05) is 35.2 Å². The van der Waals surface area contributed by atoms with Crippen LogP contribution in [0.2, 0.25) is 0 Å². The molecule has 0 saturated heterocycles. The minimum atomic E-state index is 0.458. The number of imidazole rings is 1. The SMILES string of the molecule is CC(C)c1cn(-c2ccc(N)cc2)cn1. The Labute approximate surface area is 89.6 Å². The van der Waals surface area contributed by atoms with Crippen molar-refractivity contribution < 1.29 is 0 Å². The fourth-order valence-electron chi connectivity index (χ4n) is 1.42. The standard InChI is InChI=1S/C12H15N3/c1-9(2)12-7-15(8-14-12)11-5-3-10(13)4-6-11/h3-9H,13H2,1-2H3. The van der Waals surface area contributed by atoms with E-state index in [9.17, 15) is 0 Å². The average molecular weight is 201 g/mol. The largest absolute Gasteiger partial charge is 0.399 e. The predicted molar refractivity (Wildman–Crippen MR) is 62.1 cm³/mol. The predicted octanol–water partition coefficient (Wildman–Crippen LogP) is 2.58. The van der Waals surface area contributed by atoms with Gasteiger partial charge in [-0.05, 0) is 30.2 Å². The first-order valence-corrected chi connectivity index (χ1v) is 5.06. The molecule has 3 nitrogen and oxygen atoms in total. The highest BCUT2D eigenvalue weighted by Crippen LogP contribution is 2.15. The zero-order valence-corrected chi connectivity index (χ0v) is 9.01. The Morgan fingerprint density at radius 1 is 1.20 bits per heavy atom. The van der Waals surface area contributed by atoms with Crippen LogP contribution < -0.4 is 5.73 Å². The first-order valence-electron chi connectivity index (χ1n) is 5.06. The highest BCUT2D eigenvalue weighted by molar-refractivity contribution is 5.45. The quantitative estimate of drug-likeness (QED) is 0.759. The molecule has 0 aliphatic rings. The number of hydrogen-bond donors (Lipinski definition) is 1. The molecule has 0 fully saturated rings. The first-order chi connectivity index (χ1) is 7.16. The van der Waals surface area contributed by atoms with E-state index in [4.69, 9.17) is 5.73 Å². The second kappa shape index (κ2) is 3.77. The van der Waals surface area contributed by atoms with Gasteiger partial charge in [0.1, 0.15) is 0 Å². The van der Waals surface area contributed by atoms with Gasteiger partial charge in [0.25, 0.3) is 0 Å². The summed E-state index contributed by atoms with van der Waals surface area (Å²) in [6, 6.07) is 7.76. The van der Waals surface area contributed by atoms with Crippen LogP contribution in [0.4, 0.5) is 5.69 Å².